The van der Waals surface area contributed by atoms with Crippen molar-refractivity contribution < 1.29 is 26.7 Å². The molecule has 1 aromatic carbocycles. The van der Waals surface area contributed by atoms with E-state index in [-0.39, 0.29) is 26.3 Å². The first kappa shape index (κ1) is 22.0. The minimum absolute atomic E-state index is 0.0226. The van der Waals surface area contributed by atoms with Crippen molar-refractivity contribution in [2.45, 2.75) is 28.5 Å². The molecule has 30 heavy (non-hydrogen) atoms. The van der Waals surface area contributed by atoms with Gasteiger partial charge in [0.05, 0.1) is 20.5 Å². The molecule has 0 bridgehead atoms. The summed E-state index contributed by atoms with van der Waals surface area (Å²) in [5, 5.41) is 9.63. The number of nitrogens with two attached hydrogens (primary N) is 1. The lowest BCUT2D eigenvalue weighted by Crippen LogP contribution is -2.39. The molecule has 6 nitrogen and oxygen atoms in total. The van der Waals surface area contributed by atoms with Gasteiger partial charge in [-0.2, -0.15) is 13.2 Å². The average molecular weight is 458 g/mol. The maximum atomic E-state index is 13.0. The number of benzene rings is 1. The molecule has 0 spiro atoms. The van der Waals surface area contributed by atoms with Crippen molar-refractivity contribution in [3.8, 4) is 11.3 Å². The van der Waals surface area contributed by atoms with Crippen LogP contribution in [0.5, 0.6) is 0 Å². The molecule has 3 rings (SSSR count). The van der Waals surface area contributed by atoms with Crippen molar-refractivity contribution >= 4 is 27.3 Å². The molecule has 0 aliphatic heterocycles. The summed E-state index contributed by atoms with van der Waals surface area (Å²) in [4.78, 5) is 7.62. The number of hydrogen-bond donors (Lipinski definition) is 2. The highest BCUT2D eigenvalue weighted by Gasteiger charge is 2.51. The number of anilines is 1. The van der Waals surface area contributed by atoms with Crippen LogP contribution >= 0.6 is 11.6 Å². The summed E-state index contributed by atoms with van der Waals surface area (Å²) >= 11 is 6.08. The van der Waals surface area contributed by atoms with Gasteiger partial charge in [0.1, 0.15) is 5.82 Å². The topological polar surface area (TPSA) is 106 Å². The van der Waals surface area contributed by atoms with Crippen LogP contribution in [0.2, 0.25) is 5.02 Å². The molecule has 2 heterocycles. The number of sulfone groups is 1. The van der Waals surface area contributed by atoms with E-state index >= 15 is 0 Å². The molecule has 2 aromatic heterocycles. The standard InChI is InChI=1S/C19H15ClF3N3O3S/c1-18(27,19(21,22)23)12-8-15(20)17(26-9-12)11-2-4-13(5-3-11)30(28,29)14-6-7-16(24)25-10-14/h2-10,27H,1H3,(H2,24,25). The molecule has 0 aliphatic rings. The fourth-order valence-corrected chi connectivity index (χ4v) is 4.04. The quantitative estimate of drug-likeness (QED) is 0.613. The first-order valence-electron chi connectivity index (χ1n) is 8.36. The van der Waals surface area contributed by atoms with E-state index in [0.29, 0.717) is 12.5 Å². The Morgan fingerprint density at radius 2 is 1.60 bits per heavy atom. The third-order valence-corrected chi connectivity index (χ3v) is 6.51. The maximum absolute atomic E-state index is 13.0. The molecule has 3 N–H and O–H groups in total. The molecule has 0 saturated carbocycles. The van der Waals surface area contributed by atoms with Crippen LogP contribution < -0.4 is 5.73 Å². The zero-order chi connectivity index (χ0) is 22.3. The largest absolute Gasteiger partial charge is 0.421 e. The highest BCUT2D eigenvalue weighted by atomic mass is 35.5. The molecule has 1 atom stereocenters. The number of pyridine rings is 2. The normalized spacial score (nSPS) is 14.3. The van der Waals surface area contributed by atoms with E-state index in [2.05, 4.69) is 9.97 Å². The predicted octanol–water partition coefficient (Wildman–Crippen LogP) is 3.98. The van der Waals surface area contributed by atoms with Crippen LogP contribution in [-0.4, -0.2) is 29.7 Å². The molecule has 0 radical (unpaired) electrons. The second-order valence-corrected chi connectivity index (χ2v) is 8.93. The van der Waals surface area contributed by atoms with Crippen molar-refractivity contribution in [2.24, 2.45) is 0 Å². The van der Waals surface area contributed by atoms with Gasteiger partial charge in [-0.1, -0.05) is 23.7 Å². The number of nitrogen functional groups attached to an aromatic ring is 1. The zero-order valence-corrected chi connectivity index (χ0v) is 16.9. The van der Waals surface area contributed by atoms with Crippen LogP contribution in [0.15, 0.2) is 64.6 Å². The SMILES string of the molecule is CC(O)(c1cnc(-c2ccc(S(=O)(=O)c3ccc(N)nc3)cc2)c(Cl)c1)C(F)(F)F. The molecular weight excluding hydrogens is 443 g/mol. The summed E-state index contributed by atoms with van der Waals surface area (Å²) in [5.74, 6) is 0.179. The van der Waals surface area contributed by atoms with Crippen molar-refractivity contribution in [1.82, 2.24) is 9.97 Å². The molecule has 158 valence electrons. The van der Waals surface area contributed by atoms with Crippen LogP contribution in [0.1, 0.15) is 12.5 Å². The Bertz CT molecular complexity index is 1180. The van der Waals surface area contributed by atoms with E-state index < -0.39 is 27.2 Å². The van der Waals surface area contributed by atoms with E-state index in [9.17, 15) is 26.7 Å². The third kappa shape index (κ3) is 3.98. The Balaban J connectivity index is 1.94. The van der Waals surface area contributed by atoms with Gasteiger partial charge in [-0.25, -0.2) is 13.4 Å². The number of hydrogen-bond acceptors (Lipinski definition) is 6. The molecule has 0 fully saturated rings. The average Bonchev–Trinajstić information content (AvgIpc) is 2.67. The summed E-state index contributed by atoms with van der Waals surface area (Å²) in [5.41, 5.74) is 2.35. The van der Waals surface area contributed by atoms with Gasteiger partial charge in [-0.05, 0) is 37.3 Å². The van der Waals surface area contributed by atoms with Crippen molar-refractivity contribution in [2.75, 3.05) is 5.73 Å². The highest BCUT2D eigenvalue weighted by Crippen LogP contribution is 2.40. The Labute approximate surface area is 175 Å². The summed E-state index contributed by atoms with van der Waals surface area (Å²) in [7, 11) is -3.84. The van der Waals surface area contributed by atoms with Gasteiger partial charge in [-0.3, -0.25) is 4.98 Å². The Kier molecular flexibility index (Phi) is 5.52. The number of alkyl halides is 3. The Morgan fingerprint density at radius 1 is 1.00 bits per heavy atom. The number of nitrogens with zero attached hydrogens (tertiary/aromatic N) is 2. The van der Waals surface area contributed by atoms with Gasteiger partial charge in [0.2, 0.25) is 9.84 Å². The summed E-state index contributed by atoms with van der Waals surface area (Å²) in [6.45, 7) is 0.603. The molecule has 3 aromatic rings. The minimum atomic E-state index is -4.91. The first-order valence-corrected chi connectivity index (χ1v) is 10.2. The molecule has 0 aliphatic carbocycles. The smallest absolute Gasteiger partial charge is 0.384 e. The van der Waals surface area contributed by atoms with E-state index in [1.807, 2.05) is 0 Å². The van der Waals surface area contributed by atoms with Crippen LogP contribution in [0.25, 0.3) is 11.3 Å². The van der Waals surface area contributed by atoms with Crippen LogP contribution in [0, 0.1) is 0 Å². The molecule has 1 unspecified atom stereocenters. The number of halogens is 4. The summed E-state index contributed by atoms with van der Waals surface area (Å²) < 4.78 is 64.3. The molecule has 0 amide bonds. The van der Waals surface area contributed by atoms with Gasteiger partial charge in [0.15, 0.2) is 5.60 Å². The van der Waals surface area contributed by atoms with Crippen LogP contribution in [-0.2, 0) is 15.4 Å². The lowest BCUT2D eigenvalue weighted by molar-refractivity contribution is -0.259. The molecular formula is C19H15ClF3N3O3S. The van der Waals surface area contributed by atoms with E-state index in [0.717, 1.165) is 18.5 Å². The highest BCUT2D eigenvalue weighted by molar-refractivity contribution is 7.91. The summed E-state index contributed by atoms with van der Waals surface area (Å²) in [6, 6.07) is 9.15. The first-order chi connectivity index (χ1) is 13.8. The van der Waals surface area contributed by atoms with Gasteiger partial charge in [0.25, 0.3) is 0 Å². The van der Waals surface area contributed by atoms with E-state index in [1.165, 1.54) is 36.4 Å². The fraction of sp³-hybridized carbons (Fsp3) is 0.158. The Morgan fingerprint density at radius 3 is 2.10 bits per heavy atom. The monoisotopic (exact) mass is 457 g/mol. The Hall–Kier alpha value is -2.69. The van der Waals surface area contributed by atoms with Crippen molar-refractivity contribution in [1.29, 1.82) is 0 Å². The van der Waals surface area contributed by atoms with Gasteiger partial charge < -0.3 is 10.8 Å². The number of aromatic nitrogens is 2. The van der Waals surface area contributed by atoms with Crippen molar-refractivity contribution in [3.05, 3.63) is 65.4 Å². The summed E-state index contributed by atoms with van der Waals surface area (Å²) in [6.07, 6.45) is -2.89. The molecule has 11 heteroatoms. The number of rotatable bonds is 4. The molecule has 0 saturated heterocycles. The lowest BCUT2D eigenvalue weighted by atomic mass is 9.96. The second-order valence-electron chi connectivity index (χ2n) is 6.57. The fourth-order valence-electron chi connectivity index (χ4n) is 2.56. The van der Waals surface area contributed by atoms with Gasteiger partial charge >= 0.3 is 6.18 Å². The second kappa shape index (κ2) is 7.53. The van der Waals surface area contributed by atoms with Crippen LogP contribution in [0.4, 0.5) is 19.0 Å². The van der Waals surface area contributed by atoms with Gasteiger partial charge in [0, 0.05) is 23.5 Å². The lowest BCUT2D eigenvalue weighted by Gasteiger charge is -2.26. The van der Waals surface area contributed by atoms with E-state index in [1.54, 1.807) is 0 Å². The minimum Gasteiger partial charge on any atom is -0.384 e. The van der Waals surface area contributed by atoms with Crippen LogP contribution in [0.3, 0.4) is 0 Å². The zero-order valence-electron chi connectivity index (χ0n) is 15.4. The van der Waals surface area contributed by atoms with Crippen molar-refractivity contribution in [3.63, 3.8) is 0 Å². The van der Waals surface area contributed by atoms with Gasteiger partial charge in [-0.15, -0.1) is 0 Å². The maximum Gasteiger partial charge on any atom is 0.421 e. The number of aliphatic hydroxyl groups is 1. The third-order valence-electron chi connectivity index (χ3n) is 4.46. The van der Waals surface area contributed by atoms with E-state index in [4.69, 9.17) is 17.3 Å². The predicted molar refractivity (Wildman–Crippen MR) is 104 cm³/mol.